The van der Waals surface area contributed by atoms with Crippen LogP contribution >= 0.6 is 15.9 Å². The highest BCUT2D eigenvalue weighted by molar-refractivity contribution is 9.10. The Labute approximate surface area is 135 Å². The smallest absolute Gasteiger partial charge is 0.276 e. The summed E-state index contributed by atoms with van der Waals surface area (Å²) in [6.07, 6.45) is 0. The normalized spacial score (nSPS) is 10.7. The van der Waals surface area contributed by atoms with Gasteiger partial charge in [0.1, 0.15) is 11.5 Å². The van der Waals surface area contributed by atoms with E-state index in [0.29, 0.717) is 4.47 Å². The number of pyridine rings is 1. The number of aromatic nitrogens is 1. The van der Waals surface area contributed by atoms with E-state index in [1.54, 1.807) is 18.2 Å². The molecule has 0 saturated carbocycles. The van der Waals surface area contributed by atoms with Gasteiger partial charge < -0.3 is 4.90 Å². The number of carbonyl (C=O) groups excluding carboxylic acids is 1. The lowest BCUT2D eigenvalue weighted by Gasteiger charge is -2.18. The third-order valence-corrected chi connectivity index (χ3v) is 3.89. The van der Waals surface area contributed by atoms with Crippen LogP contribution in [0.5, 0.6) is 0 Å². The van der Waals surface area contributed by atoms with Crippen molar-refractivity contribution in [2.75, 3.05) is 11.9 Å². The number of amides is 1. The van der Waals surface area contributed by atoms with Crippen LogP contribution in [0.1, 0.15) is 10.5 Å². The lowest BCUT2D eigenvalue weighted by atomic mass is 10.2. The fourth-order valence-electron chi connectivity index (χ4n) is 2.22. The van der Waals surface area contributed by atoms with Crippen molar-refractivity contribution in [2.24, 2.45) is 0 Å². The van der Waals surface area contributed by atoms with E-state index in [1.165, 1.54) is 18.0 Å². The molecule has 22 heavy (non-hydrogen) atoms. The molecule has 0 aliphatic carbocycles. The first kappa shape index (κ1) is 14.7. The number of hydrogen-bond acceptors (Lipinski definition) is 2. The third-order valence-electron chi connectivity index (χ3n) is 3.39. The van der Waals surface area contributed by atoms with Gasteiger partial charge in [-0.15, -0.1) is 0 Å². The van der Waals surface area contributed by atoms with Gasteiger partial charge in [-0.25, -0.2) is 9.37 Å². The second kappa shape index (κ2) is 5.85. The second-order valence-corrected chi connectivity index (χ2v) is 5.76. The first-order valence-electron chi connectivity index (χ1n) is 6.65. The van der Waals surface area contributed by atoms with Crippen LogP contribution in [-0.4, -0.2) is 17.9 Å². The van der Waals surface area contributed by atoms with E-state index in [2.05, 4.69) is 20.9 Å². The number of para-hydroxylation sites is 1. The average Bonchev–Trinajstić information content (AvgIpc) is 2.53. The van der Waals surface area contributed by atoms with Gasteiger partial charge in [0.2, 0.25) is 0 Å². The summed E-state index contributed by atoms with van der Waals surface area (Å²) in [5.74, 6) is -0.821. The van der Waals surface area contributed by atoms with Gasteiger partial charge in [-0.2, -0.15) is 0 Å². The molecular weight excluding hydrogens is 347 g/mol. The molecular formula is C17H12BrFN2O. The molecule has 3 nitrogen and oxygen atoms in total. The summed E-state index contributed by atoms with van der Waals surface area (Å²) >= 11 is 3.20. The number of anilines is 1. The predicted molar refractivity (Wildman–Crippen MR) is 88.6 cm³/mol. The standard InChI is InChI=1S/C17H12BrFN2O/c1-21(16-9-7-12(18)10-13(16)19)17(22)15-8-6-11-4-2-3-5-14(11)20-15/h2-10H,1H3. The Hall–Kier alpha value is -2.27. The van der Waals surface area contributed by atoms with E-state index in [0.717, 1.165) is 10.9 Å². The fourth-order valence-corrected chi connectivity index (χ4v) is 2.55. The maximum Gasteiger partial charge on any atom is 0.276 e. The van der Waals surface area contributed by atoms with Crippen LogP contribution in [0, 0.1) is 5.82 Å². The molecule has 0 radical (unpaired) electrons. The minimum atomic E-state index is -0.467. The Balaban J connectivity index is 1.97. The molecule has 1 amide bonds. The highest BCUT2D eigenvalue weighted by Crippen LogP contribution is 2.23. The SMILES string of the molecule is CN(C(=O)c1ccc2ccccc2n1)c1ccc(Br)cc1F. The quantitative estimate of drug-likeness (QED) is 0.679. The van der Waals surface area contributed by atoms with Crippen LogP contribution in [0.4, 0.5) is 10.1 Å². The summed E-state index contributed by atoms with van der Waals surface area (Å²) in [5.41, 5.74) is 1.23. The third kappa shape index (κ3) is 2.72. The van der Waals surface area contributed by atoms with Crippen LogP contribution < -0.4 is 4.90 Å². The van der Waals surface area contributed by atoms with E-state index in [4.69, 9.17) is 0 Å². The predicted octanol–water partition coefficient (Wildman–Crippen LogP) is 4.41. The Morgan fingerprint density at radius 3 is 2.68 bits per heavy atom. The van der Waals surface area contributed by atoms with Crippen molar-refractivity contribution in [1.29, 1.82) is 0 Å². The maximum atomic E-state index is 14.0. The zero-order valence-corrected chi connectivity index (χ0v) is 13.3. The summed E-state index contributed by atoms with van der Waals surface area (Å²) < 4.78 is 14.6. The molecule has 1 heterocycles. The Bertz CT molecular complexity index is 866. The van der Waals surface area contributed by atoms with E-state index in [-0.39, 0.29) is 17.3 Å². The Morgan fingerprint density at radius 2 is 1.91 bits per heavy atom. The lowest BCUT2D eigenvalue weighted by molar-refractivity contribution is 0.0988. The van der Waals surface area contributed by atoms with Gasteiger partial charge in [0.05, 0.1) is 11.2 Å². The molecule has 0 fully saturated rings. The fraction of sp³-hybridized carbons (Fsp3) is 0.0588. The molecule has 0 bridgehead atoms. The number of fused-ring (bicyclic) bond motifs is 1. The molecule has 0 aliphatic rings. The highest BCUT2D eigenvalue weighted by Gasteiger charge is 2.18. The number of hydrogen-bond donors (Lipinski definition) is 0. The van der Waals surface area contributed by atoms with Crippen LogP contribution in [0.15, 0.2) is 59.1 Å². The maximum absolute atomic E-state index is 14.0. The molecule has 0 unspecified atom stereocenters. The van der Waals surface area contributed by atoms with Gasteiger partial charge in [-0.05, 0) is 30.3 Å². The summed E-state index contributed by atoms with van der Waals surface area (Å²) in [4.78, 5) is 18.1. The van der Waals surface area contributed by atoms with Crippen molar-refractivity contribution in [3.05, 3.63) is 70.6 Å². The minimum Gasteiger partial charge on any atom is -0.307 e. The van der Waals surface area contributed by atoms with Gasteiger partial charge in [-0.3, -0.25) is 4.79 Å². The number of carbonyl (C=O) groups is 1. The summed E-state index contributed by atoms with van der Waals surface area (Å²) in [6.45, 7) is 0. The van der Waals surface area contributed by atoms with E-state index in [1.807, 2.05) is 30.3 Å². The van der Waals surface area contributed by atoms with Crippen molar-refractivity contribution in [3.8, 4) is 0 Å². The molecule has 2 aromatic carbocycles. The summed E-state index contributed by atoms with van der Waals surface area (Å²) in [7, 11) is 1.53. The zero-order valence-electron chi connectivity index (χ0n) is 11.8. The van der Waals surface area contributed by atoms with Gasteiger partial charge in [0.15, 0.2) is 0 Å². The molecule has 110 valence electrons. The van der Waals surface area contributed by atoms with E-state index >= 15 is 0 Å². The molecule has 0 N–H and O–H groups in total. The van der Waals surface area contributed by atoms with Gasteiger partial charge in [0, 0.05) is 16.9 Å². The monoisotopic (exact) mass is 358 g/mol. The van der Waals surface area contributed by atoms with Gasteiger partial charge in [-0.1, -0.05) is 40.2 Å². The minimum absolute atomic E-state index is 0.211. The summed E-state index contributed by atoms with van der Waals surface area (Å²) in [5, 5.41) is 0.955. The number of rotatable bonds is 2. The number of benzene rings is 2. The number of halogens is 2. The van der Waals surface area contributed by atoms with Crippen molar-refractivity contribution in [2.45, 2.75) is 0 Å². The molecule has 0 atom stereocenters. The van der Waals surface area contributed by atoms with Crippen LogP contribution in [0.25, 0.3) is 10.9 Å². The van der Waals surface area contributed by atoms with Crippen LogP contribution in [0.2, 0.25) is 0 Å². The Kier molecular flexibility index (Phi) is 3.90. The largest absolute Gasteiger partial charge is 0.307 e. The molecule has 3 rings (SSSR count). The molecule has 5 heteroatoms. The van der Waals surface area contributed by atoms with Gasteiger partial charge in [0.25, 0.3) is 5.91 Å². The lowest BCUT2D eigenvalue weighted by Crippen LogP contribution is -2.27. The van der Waals surface area contributed by atoms with Crippen molar-refractivity contribution < 1.29 is 9.18 Å². The van der Waals surface area contributed by atoms with Crippen molar-refractivity contribution in [3.63, 3.8) is 0 Å². The van der Waals surface area contributed by atoms with Gasteiger partial charge >= 0.3 is 0 Å². The Morgan fingerprint density at radius 1 is 1.14 bits per heavy atom. The van der Waals surface area contributed by atoms with Crippen LogP contribution in [0.3, 0.4) is 0 Å². The average molecular weight is 359 g/mol. The highest BCUT2D eigenvalue weighted by atomic mass is 79.9. The summed E-state index contributed by atoms with van der Waals surface area (Å²) in [6, 6.07) is 15.6. The molecule has 0 spiro atoms. The number of nitrogens with zero attached hydrogens (tertiary/aromatic N) is 2. The van der Waals surface area contributed by atoms with E-state index < -0.39 is 5.82 Å². The second-order valence-electron chi connectivity index (χ2n) is 4.85. The van der Waals surface area contributed by atoms with Crippen molar-refractivity contribution in [1.82, 2.24) is 4.98 Å². The molecule has 1 aromatic heterocycles. The first-order chi connectivity index (χ1) is 10.6. The molecule has 3 aromatic rings. The topological polar surface area (TPSA) is 33.2 Å². The molecule has 0 saturated heterocycles. The zero-order chi connectivity index (χ0) is 15.7. The first-order valence-corrected chi connectivity index (χ1v) is 7.44. The van der Waals surface area contributed by atoms with E-state index in [9.17, 15) is 9.18 Å². The molecule has 0 aliphatic heterocycles. The van der Waals surface area contributed by atoms with Crippen molar-refractivity contribution >= 4 is 38.4 Å². The van der Waals surface area contributed by atoms with Crippen LogP contribution in [-0.2, 0) is 0 Å².